The number of hydrogen-bond donors (Lipinski definition) is 2. The fraction of sp³-hybridized carbons (Fsp3) is 0.875. The molecular weight excluding hydrogens is 402 g/mol. The van der Waals surface area contributed by atoms with E-state index in [4.69, 9.17) is 10.2 Å². The predicted octanol–water partition coefficient (Wildman–Crippen LogP) is 3.04. The second kappa shape index (κ2) is 12.8. The molecule has 0 fully saturated rings. The van der Waals surface area contributed by atoms with Crippen molar-refractivity contribution in [2.75, 3.05) is 13.2 Å². The van der Waals surface area contributed by atoms with Crippen molar-refractivity contribution >= 4 is 11.9 Å². The van der Waals surface area contributed by atoms with E-state index in [1.807, 2.05) is 0 Å². The minimum Gasteiger partial charge on any atom is -0.464 e. The zero-order valence-electron chi connectivity index (χ0n) is 15.0. The molecule has 0 aromatic carbocycles. The van der Waals surface area contributed by atoms with Crippen LogP contribution in [0.1, 0.15) is 51.4 Å². The number of carbonyl (C=O) groups excluding carboxylic acids is 2. The van der Waals surface area contributed by atoms with Crippen LogP contribution < -0.4 is 0 Å². The Labute approximate surface area is 157 Å². The Balaban J connectivity index is 3.50. The Bertz CT molecular complexity index is 424. The molecule has 0 saturated heterocycles. The Kier molecular flexibility index (Phi) is 12.1. The molecule has 0 radical (unpaired) electrons. The maximum atomic E-state index is 12.0. The van der Waals surface area contributed by atoms with Crippen LogP contribution in [0.5, 0.6) is 0 Å². The van der Waals surface area contributed by atoms with Crippen LogP contribution in [0.15, 0.2) is 0 Å². The van der Waals surface area contributed by atoms with Gasteiger partial charge in [-0.25, -0.2) is 9.59 Å². The van der Waals surface area contributed by atoms with Gasteiger partial charge in [-0.3, -0.25) is 0 Å². The van der Waals surface area contributed by atoms with Crippen molar-refractivity contribution < 1.29 is 55.6 Å². The lowest BCUT2D eigenvalue weighted by molar-refractivity contribution is -0.219. The lowest BCUT2D eigenvalue weighted by atomic mass is 10.1. The average molecular weight is 426 g/mol. The number of halogens is 6. The largest absolute Gasteiger partial charge is 0.464 e. The van der Waals surface area contributed by atoms with E-state index in [1.165, 1.54) is 0 Å². The van der Waals surface area contributed by atoms with Crippen molar-refractivity contribution in [1.29, 1.82) is 0 Å². The monoisotopic (exact) mass is 426 g/mol. The van der Waals surface area contributed by atoms with E-state index in [0.717, 1.165) is 25.7 Å². The van der Waals surface area contributed by atoms with Crippen molar-refractivity contribution in [2.45, 2.75) is 75.9 Å². The number of carbonyl (C=O) groups is 2. The summed E-state index contributed by atoms with van der Waals surface area (Å²) in [4.78, 5) is 21.8. The first-order valence-corrected chi connectivity index (χ1v) is 8.70. The van der Waals surface area contributed by atoms with Gasteiger partial charge < -0.3 is 19.7 Å². The van der Waals surface area contributed by atoms with Crippen LogP contribution in [0.4, 0.5) is 26.3 Å². The summed E-state index contributed by atoms with van der Waals surface area (Å²) in [5.41, 5.74) is 0. The molecule has 6 nitrogen and oxygen atoms in total. The van der Waals surface area contributed by atoms with Crippen LogP contribution in [-0.2, 0) is 19.1 Å². The van der Waals surface area contributed by atoms with E-state index in [9.17, 15) is 35.9 Å². The quantitative estimate of drug-likeness (QED) is 0.267. The molecule has 2 atom stereocenters. The molecular formula is C16H24F6O6. The molecule has 12 heteroatoms. The fourth-order valence-corrected chi connectivity index (χ4v) is 2.04. The second-order valence-corrected chi connectivity index (χ2v) is 6.05. The fourth-order valence-electron chi connectivity index (χ4n) is 2.04. The first-order valence-electron chi connectivity index (χ1n) is 8.70. The smallest absolute Gasteiger partial charge is 0.425 e. The van der Waals surface area contributed by atoms with Crippen molar-refractivity contribution in [1.82, 2.24) is 0 Å². The molecule has 0 aliphatic heterocycles. The number of ether oxygens (including phenoxy) is 2. The summed E-state index contributed by atoms with van der Waals surface area (Å²) in [6.07, 6.45) is -11.4. The summed E-state index contributed by atoms with van der Waals surface area (Å²) in [5, 5.41) is 17.2. The van der Waals surface area contributed by atoms with Crippen molar-refractivity contribution in [3.63, 3.8) is 0 Å². The summed E-state index contributed by atoms with van der Waals surface area (Å²) in [6.45, 7) is -0.442. The number of rotatable bonds is 13. The van der Waals surface area contributed by atoms with Gasteiger partial charge in [-0.1, -0.05) is 38.5 Å². The summed E-state index contributed by atoms with van der Waals surface area (Å²) in [5.74, 6) is -3.45. The van der Waals surface area contributed by atoms with Crippen molar-refractivity contribution in [3.8, 4) is 0 Å². The van der Waals surface area contributed by atoms with Gasteiger partial charge in [0.05, 0.1) is 13.2 Å². The van der Waals surface area contributed by atoms with Gasteiger partial charge in [0.2, 0.25) is 12.2 Å². The number of aliphatic hydroxyl groups is 2. The van der Waals surface area contributed by atoms with E-state index >= 15 is 0 Å². The number of esters is 2. The molecule has 0 unspecified atom stereocenters. The highest BCUT2D eigenvalue weighted by Gasteiger charge is 2.45. The highest BCUT2D eigenvalue weighted by Crippen LogP contribution is 2.21. The number of unbranched alkanes of at least 4 members (excludes halogenated alkanes) is 7. The molecule has 0 rings (SSSR count). The third-order valence-corrected chi connectivity index (χ3v) is 3.59. The second-order valence-electron chi connectivity index (χ2n) is 6.05. The van der Waals surface area contributed by atoms with Gasteiger partial charge in [-0.2, -0.15) is 26.3 Å². The molecule has 0 amide bonds. The zero-order valence-corrected chi connectivity index (χ0v) is 15.0. The van der Waals surface area contributed by atoms with Gasteiger partial charge >= 0.3 is 24.3 Å². The molecule has 0 aliphatic carbocycles. The maximum absolute atomic E-state index is 12.0. The predicted molar refractivity (Wildman–Crippen MR) is 83.0 cm³/mol. The van der Waals surface area contributed by atoms with Crippen LogP contribution in [0.2, 0.25) is 0 Å². The van der Waals surface area contributed by atoms with E-state index in [1.54, 1.807) is 0 Å². The van der Waals surface area contributed by atoms with E-state index in [2.05, 4.69) is 9.47 Å². The summed E-state index contributed by atoms with van der Waals surface area (Å²) < 4.78 is 80.7. The SMILES string of the molecule is O=C(OCCCCCCCCCCOC(=O)[C@@H](O)C(F)(F)F)[C@@H](O)C(F)(F)F. The minimum absolute atomic E-state index is 0.221. The normalized spacial score (nSPS) is 14.4. The Morgan fingerprint density at radius 3 is 1.11 bits per heavy atom. The van der Waals surface area contributed by atoms with Crippen LogP contribution in [0, 0.1) is 0 Å². The Morgan fingerprint density at radius 2 is 0.857 bits per heavy atom. The molecule has 0 heterocycles. The van der Waals surface area contributed by atoms with Gasteiger partial charge in [0.25, 0.3) is 0 Å². The zero-order chi connectivity index (χ0) is 21.8. The molecule has 0 saturated carbocycles. The Morgan fingerprint density at radius 1 is 0.607 bits per heavy atom. The van der Waals surface area contributed by atoms with Gasteiger partial charge in [0.15, 0.2) is 0 Å². The lowest BCUT2D eigenvalue weighted by Crippen LogP contribution is -2.37. The number of aliphatic hydroxyl groups excluding tert-OH is 2. The van der Waals surface area contributed by atoms with Crippen molar-refractivity contribution in [3.05, 3.63) is 0 Å². The highest BCUT2D eigenvalue weighted by molar-refractivity contribution is 5.75. The number of hydrogen-bond acceptors (Lipinski definition) is 6. The van der Waals surface area contributed by atoms with Gasteiger partial charge in [0.1, 0.15) is 0 Å². The molecule has 28 heavy (non-hydrogen) atoms. The van der Waals surface area contributed by atoms with Gasteiger partial charge in [-0.05, 0) is 12.8 Å². The topological polar surface area (TPSA) is 93.1 Å². The number of alkyl halides is 6. The molecule has 0 aliphatic rings. The molecule has 0 aromatic heterocycles. The molecule has 2 N–H and O–H groups in total. The molecule has 0 aromatic rings. The van der Waals surface area contributed by atoms with E-state index in [0.29, 0.717) is 25.7 Å². The molecule has 0 bridgehead atoms. The van der Waals surface area contributed by atoms with Crippen LogP contribution in [-0.4, -0.2) is 59.9 Å². The van der Waals surface area contributed by atoms with Crippen LogP contribution in [0.25, 0.3) is 0 Å². The lowest BCUT2D eigenvalue weighted by Gasteiger charge is -2.13. The first kappa shape index (κ1) is 26.4. The highest BCUT2D eigenvalue weighted by atomic mass is 19.4. The van der Waals surface area contributed by atoms with Crippen LogP contribution >= 0.6 is 0 Å². The third-order valence-electron chi connectivity index (χ3n) is 3.59. The molecule has 166 valence electrons. The van der Waals surface area contributed by atoms with Crippen molar-refractivity contribution in [2.24, 2.45) is 0 Å². The standard InChI is InChI=1S/C16H24F6O6/c17-15(18,19)11(23)13(25)27-9-7-5-3-1-2-4-6-8-10-28-14(26)12(24)16(20,21)22/h11-12,23-24H,1-10H2/t11-,12-/m1/s1. The first-order chi connectivity index (χ1) is 12.9. The van der Waals surface area contributed by atoms with Gasteiger partial charge in [-0.15, -0.1) is 0 Å². The van der Waals surface area contributed by atoms with Gasteiger partial charge in [0, 0.05) is 0 Å². The van der Waals surface area contributed by atoms with E-state index < -0.39 is 36.5 Å². The summed E-state index contributed by atoms with van der Waals surface area (Å²) >= 11 is 0. The third kappa shape index (κ3) is 12.0. The Hall–Kier alpha value is -1.56. The summed E-state index contributed by atoms with van der Waals surface area (Å²) in [7, 11) is 0. The summed E-state index contributed by atoms with van der Waals surface area (Å²) in [6, 6.07) is 0. The average Bonchev–Trinajstić information content (AvgIpc) is 2.59. The van der Waals surface area contributed by atoms with E-state index in [-0.39, 0.29) is 13.2 Å². The molecule has 0 spiro atoms. The van der Waals surface area contributed by atoms with Crippen LogP contribution in [0.3, 0.4) is 0 Å². The maximum Gasteiger partial charge on any atom is 0.425 e. The minimum atomic E-state index is -5.05.